The van der Waals surface area contributed by atoms with Crippen molar-refractivity contribution in [3.05, 3.63) is 35.9 Å². The molecule has 1 aromatic carbocycles. The van der Waals surface area contributed by atoms with Gasteiger partial charge in [0, 0.05) is 13.6 Å². The van der Waals surface area contributed by atoms with Gasteiger partial charge in [-0.3, -0.25) is 4.79 Å². The molecule has 2 atom stereocenters. The van der Waals surface area contributed by atoms with Gasteiger partial charge in [-0.2, -0.15) is 0 Å². The van der Waals surface area contributed by atoms with Crippen molar-refractivity contribution < 1.29 is 9.59 Å². The smallest absolute Gasteiger partial charge is 0.315 e. The number of hydrogen-bond acceptors (Lipinski definition) is 2. The standard InChI is InChI=1S/C18H27N3O2/c1-4-21(3)17(22)13(2)19-18(23)20-16(15-11-8-12-15)14-9-6-5-7-10-14/h5-7,9-10,13,15-16H,4,8,11-12H2,1-3H3,(H2,19,20,23)/t13-,16-/m1/s1. The van der Waals surface area contributed by atoms with Crippen molar-refractivity contribution in [2.45, 2.75) is 45.2 Å². The van der Waals surface area contributed by atoms with Gasteiger partial charge in [0.1, 0.15) is 6.04 Å². The van der Waals surface area contributed by atoms with Crippen molar-refractivity contribution in [1.29, 1.82) is 0 Å². The minimum Gasteiger partial charge on any atom is -0.344 e. The van der Waals surface area contributed by atoms with E-state index in [-0.39, 0.29) is 18.0 Å². The molecule has 1 fully saturated rings. The van der Waals surface area contributed by atoms with Gasteiger partial charge in [-0.25, -0.2) is 4.79 Å². The van der Waals surface area contributed by atoms with Gasteiger partial charge in [0.15, 0.2) is 0 Å². The Kier molecular flexibility index (Phi) is 6.02. The Balaban J connectivity index is 1.97. The second-order valence-electron chi connectivity index (χ2n) is 6.27. The average Bonchev–Trinajstić information content (AvgIpc) is 2.51. The van der Waals surface area contributed by atoms with E-state index < -0.39 is 6.04 Å². The SMILES string of the molecule is CCN(C)C(=O)[C@@H](C)NC(=O)N[C@H](c1ccccc1)C1CCC1. The molecule has 0 unspecified atom stereocenters. The van der Waals surface area contributed by atoms with E-state index in [0.29, 0.717) is 12.5 Å². The van der Waals surface area contributed by atoms with Crippen LogP contribution in [0.4, 0.5) is 4.79 Å². The van der Waals surface area contributed by atoms with Crippen LogP contribution in [0.1, 0.15) is 44.7 Å². The molecule has 5 nitrogen and oxygen atoms in total. The molecule has 3 amide bonds. The zero-order valence-electron chi connectivity index (χ0n) is 14.2. The van der Waals surface area contributed by atoms with Crippen LogP contribution >= 0.6 is 0 Å². The van der Waals surface area contributed by atoms with Gasteiger partial charge in [0.05, 0.1) is 6.04 Å². The van der Waals surface area contributed by atoms with Crippen LogP contribution in [0, 0.1) is 5.92 Å². The molecular formula is C18H27N3O2. The molecule has 1 saturated carbocycles. The summed E-state index contributed by atoms with van der Waals surface area (Å²) in [7, 11) is 1.74. The summed E-state index contributed by atoms with van der Waals surface area (Å²) in [5.41, 5.74) is 1.12. The summed E-state index contributed by atoms with van der Waals surface area (Å²) < 4.78 is 0. The third-order valence-corrected chi connectivity index (χ3v) is 4.64. The molecular weight excluding hydrogens is 290 g/mol. The lowest BCUT2D eigenvalue weighted by molar-refractivity contribution is -0.131. The molecule has 1 aliphatic rings. The fourth-order valence-electron chi connectivity index (χ4n) is 2.83. The number of urea groups is 1. The van der Waals surface area contributed by atoms with Crippen molar-refractivity contribution in [2.24, 2.45) is 5.92 Å². The molecule has 0 saturated heterocycles. The van der Waals surface area contributed by atoms with Crippen molar-refractivity contribution in [3.8, 4) is 0 Å². The summed E-state index contributed by atoms with van der Waals surface area (Å²) in [6.45, 7) is 4.25. The number of carbonyl (C=O) groups excluding carboxylic acids is 2. The lowest BCUT2D eigenvalue weighted by Gasteiger charge is -2.35. The van der Waals surface area contributed by atoms with Crippen molar-refractivity contribution >= 4 is 11.9 Å². The van der Waals surface area contributed by atoms with E-state index in [1.165, 1.54) is 6.42 Å². The Morgan fingerprint density at radius 1 is 1.22 bits per heavy atom. The van der Waals surface area contributed by atoms with Gasteiger partial charge in [-0.15, -0.1) is 0 Å². The molecule has 0 aliphatic heterocycles. The molecule has 2 N–H and O–H groups in total. The molecule has 0 heterocycles. The second-order valence-corrected chi connectivity index (χ2v) is 6.27. The van der Waals surface area contributed by atoms with E-state index >= 15 is 0 Å². The molecule has 1 aromatic rings. The number of likely N-dealkylation sites (N-methyl/N-ethyl adjacent to an activating group) is 1. The Morgan fingerprint density at radius 2 is 1.87 bits per heavy atom. The van der Waals surface area contributed by atoms with Crippen molar-refractivity contribution in [1.82, 2.24) is 15.5 Å². The first-order valence-corrected chi connectivity index (χ1v) is 8.39. The summed E-state index contributed by atoms with van der Waals surface area (Å²) in [6.07, 6.45) is 3.48. The van der Waals surface area contributed by atoms with Crippen LogP contribution in [0.15, 0.2) is 30.3 Å². The Bertz CT molecular complexity index is 528. The third kappa shape index (κ3) is 4.47. The van der Waals surface area contributed by atoms with Crippen LogP contribution in [-0.4, -0.2) is 36.5 Å². The maximum Gasteiger partial charge on any atom is 0.315 e. The van der Waals surface area contributed by atoms with E-state index in [1.54, 1.807) is 18.9 Å². The monoisotopic (exact) mass is 317 g/mol. The second kappa shape index (κ2) is 7.99. The first-order valence-electron chi connectivity index (χ1n) is 8.39. The molecule has 23 heavy (non-hydrogen) atoms. The van der Waals surface area contributed by atoms with Crippen LogP contribution in [-0.2, 0) is 4.79 Å². The zero-order valence-corrected chi connectivity index (χ0v) is 14.2. The highest BCUT2D eigenvalue weighted by Crippen LogP contribution is 2.37. The summed E-state index contributed by atoms with van der Waals surface area (Å²) >= 11 is 0. The Labute approximate surface area is 138 Å². The summed E-state index contributed by atoms with van der Waals surface area (Å²) in [5.74, 6) is 0.398. The van der Waals surface area contributed by atoms with E-state index in [0.717, 1.165) is 18.4 Å². The van der Waals surface area contributed by atoms with Crippen LogP contribution in [0.2, 0.25) is 0 Å². The quantitative estimate of drug-likeness (QED) is 0.847. The molecule has 0 spiro atoms. The van der Waals surface area contributed by atoms with Gasteiger partial charge in [0.25, 0.3) is 0 Å². The average molecular weight is 317 g/mol. The third-order valence-electron chi connectivity index (χ3n) is 4.64. The number of nitrogens with one attached hydrogen (secondary N) is 2. The highest BCUT2D eigenvalue weighted by molar-refractivity contribution is 5.86. The number of hydrogen-bond donors (Lipinski definition) is 2. The van der Waals surface area contributed by atoms with E-state index in [2.05, 4.69) is 10.6 Å². The summed E-state index contributed by atoms with van der Waals surface area (Å²) in [5, 5.41) is 5.81. The number of amides is 3. The molecule has 2 rings (SSSR count). The van der Waals surface area contributed by atoms with Crippen LogP contribution in [0.5, 0.6) is 0 Å². The largest absolute Gasteiger partial charge is 0.344 e. The first kappa shape index (κ1) is 17.3. The minimum absolute atomic E-state index is 0.0103. The Morgan fingerprint density at radius 3 is 2.39 bits per heavy atom. The fourth-order valence-corrected chi connectivity index (χ4v) is 2.83. The highest BCUT2D eigenvalue weighted by Gasteiger charge is 2.30. The maximum absolute atomic E-state index is 12.3. The number of carbonyl (C=O) groups is 2. The van der Waals surface area contributed by atoms with E-state index in [9.17, 15) is 9.59 Å². The normalized spacial score (nSPS) is 16.8. The molecule has 0 aromatic heterocycles. The zero-order chi connectivity index (χ0) is 16.8. The number of benzene rings is 1. The van der Waals surface area contributed by atoms with Gasteiger partial charge in [-0.05, 0) is 38.2 Å². The van der Waals surface area contributed by atoms with Gasteiger partial charge < -0.3 is 15.5 Å². The van der Waals surface area contributed by atoms with Crippen LogP contribution in [0.25, 0.3) is 0 Å². The number of nitrogens with zero attached hydrogens (tertiary/aromatic N) is 1. The molecule has 0 bridgehead atoms. The maximum atomic E-state index is 12.3. The minimum atomic E-state index is -0.530. The molecule has 1 aliphatic carbocycles. The molecule has 0 radical (unpaired) electrons. The summed E-state index contributed by atoms with van der Waals surface area (Å²) in [4.78, 5) is 26.0. The predicted octanol–water partition coefficient (Wildman–Crippen LogP) is 2.69. The van der Waals surface area contributed by atoms with Crippen LogP contribution < -0.4 is 10.6 Å². The lowest BCUT2D eigenvalue weighted by atomic mass is 9.77. The lowest BCUT2D eigenvalue weighted by Crippen LogP contribution is -2.50. The first-order chi connectivity index (χ1) is 11.0. The topological polar surface area (TPSA) is 61.4 Å². The van der Waals surface area contributed by atoms with Crippen molar-refractivity contribution in [3.63, 3.8) is 0 Å². The number of rotatable bonds is 6. The van der Waals surface area contributed by atoms with Gasteiger partial charge in [-0.1, -0.05) is 36.8 Å². The van der Waals surface area contributed by atoms with Crippen LogP contribution in [0.3, 0.4) is 0 Å². The summed E-state index contributed by atoms with van der Waals surface area (Å²) in [6, 6.07) is 9.24. The fraction of sp³-hybridized carbons (Fsp3) is 0.556. The molecule has 126 valence electrons. The Hall–Kier alpha value is -2.04. The van der Waals surface area contributed by atoms with Crippen molar-refractivity contribution in [2.75, 3.05) is 13.6 Å². The van der Waals surface area contributed by atoms with E-state index in [1.807, 2.05) is 37.3 Å². The van der Waals surface area contributed by atoms with Gasteiger partial charge in [0.2, 0.25) is 5.91 Å². The highest BCUT2D eigenvalue weighted by atomic mass is 16.2. The predicted molar refractivity (Wildman–Crippen MR) is 91.0 cm³/mol. The molecule has 5 heteroatoms. The van der Waals surface area contributed by atoms with Gasteiger partial charge >= 0.3 is 6.03 Å². The van der Waals surface area contributed by atoms with E-state index in [4.69, 9.17) is 0 Å².